The minimum Gasteiger partial charge on any atom is -0.307 e. The molecule has 1 aromatic carbocycles. The van der Waals surface area contributed by atoms with Crippen molar-refractivity contribution in [3.8, 4) is 0 Å². The number of hydrogen-bond acceptors (Lipinski definition) is 1. The molecule has 3 rings (SSSR count). The van der Waals surface area contributed by atoms with Crippen LogP contribution >= 0.6 is 0 Å². The predicted molar refractivity (Wildman–Crippen MR) is 76.8 cm³/mol. The molecule has 0 amide bonds. The zero-order valence-electron chi connectivity index (χ0n) is 11.9. The summed E-state index contributed by atoms with van der Waals surface area (Å²) in [5, 5.41) is 3.92. The van der Waals surface area contributed by atoms with E-state index in [1.807, 2.05) is 0 Å². The Labute approximate surface area is 111 Å². The SMILES string of the molecule is Cc1ccc2c(c1)C(NC1CCC(C)(C)C1)CC2. The molecule has 2 atom stereocenters. The van der Waals surface area contributed by atoms with Gasteiger partial charge in [-0.3, -0.25) is 0 Å². The van der Waals surface area contributed by atoms with E-state index in [0.29, 0.717) is 11.5 Å². The van der Waals surface area contributed by atoms with E-state index in [4.69, 9.17) is 0 Å². The summed E-state index contributed by atoms with van der Waals surface area (Å²) in [6.45, 7) is 7.01. The maximum absolute atomic E-state index is 3.92. The highest BCUT2D eigenvalue weighted by Gasteiger charge is 2.33. The van der Waals surface area contributed by atoms with Gasteiger partial charge in [0.2, 0.25) is 0 Å². The van der Waals surface area contributed by atoms with E-state index in [9.17, 15) is 0 Å². The first kappa shape index (κ1) is 12.2. The molecule has 2 unspecified atom stereocenters. The van der Waals surface area contributed by atoms with Crippen LogP contribution in [-0.4, -0.2) is 6.04 Å². The van der Waals surface area contributed by atoms with Crippen molar-refractivity contribution in [3.63, 3.8) is 0 Å². The maximum Gasteiger partial charge on any atom is 0.0328 e. The van der Waals surface area contributed by atoms with Gasteiger partial charge in [-0.15, -0.1) is 0 Å². The highest BCUT2D eigenvalue weighted by Crippen LogP contribution is 2.39. The van der Waals surface area contributed by atoms with Crippen LogP contribution in [0.15, 0.2) is 18.2 Å². The average molecular weight is 243 g/mol. The van der Waals surface area contributed by atoms with Gasteiger partial charge in [0.1, 0.15) is 0 Å². The van der Waals surface area contributed by atoms with Crippen molar-refractivity contribution in [2.75, 3.05) is 0 Å². The fraction of sp³-hybridized carbons (Fsp3) is 0.647. The first-order valence-electron chi connectivity index (χ1n) is 7.39. The molecule has 0 spiro atoms. The summed E-state index contributed by atoms with van der Waals surface area (Å²) in [6, 6.07) is 8.31. The zero-order chi connectivity index (χ0) is 12.8. The van der Waals surface area contributed by atoms with E-state index < -0.39 is 0 Å². The summed E-state index contributed by atoms with van der Waals surface area (Å²) in [5.41, 5.74) is 5.08. The van der Waals surface area contributed by atoms with Crippen LogP contribution in [0.3, 0.4) is 0 Å². The number of nitrogens with one attached hydrogen (secondary N) is 1. The first-order chi connectivity index (χ1) is 8.53. The summed E-state index contributed by atoms with van der Waals surface area (Å²) in [7, 11) is 0. The second kappa shape index (κ2) is 4.38. The monoisotopic (exact) mass is 243 g/mol. The molecule has 1 fully saturated rings. The van der Waals surface area contributed by atoms with E-state index in [1.165, 1.54) is 37.7 Å². The lowest BCUT2D eigenvalue weighted by molar-refractivity contribution is 0.352. The van der Waals surface area contributed by atoms with Crippen LogP contribution in [0.25, 0.3) is 0 Å². The number of benzene rings is 1. The summed E-state index contributed by atoms with van der Waals surface area (Å²) < 4.78 is 0. The molecular weight excluding hydrogens is 218 g/mol. The van der Waals surface area contributed by atoms with Crippen molar-refractivity contribution in [2.45, 2.75) is 65.0 Å². The molecule has 0 heterocycles. The highest BCUT2D eigenvalue weighted by molar-refractivity contribution is 5.37. The Kier molecular flexibility index (Phi) is 2.97. The van der Waals surface area contributed by atoms with E-state index in [1.54, 1.807) is 11.1 Å². The van der Waals surface area contributed by atoms with Crippen LogP contribution in [0.5, 0.6) is 0 Å². The van der Waals surface area contributed by atoms with Crippen molar-refractivity contribution in [2.24, 2.45) is 5.41 Å². The third kappa shape index (κ3) is 2.33. The second-order valence-electron chi connectivity index (χ2n) is 7.06. The Morgan fingerprint density at radius 2 is 2.06 bits per heavy atom. The van der Waals surface area contributed by atoms with Crippen LogP contribution in [-0.2, 0) is 6.42 Å². The molecule has 1 heteroatoms. The molecule has 0 aromatic heterocycles. The standard InChI is InChI=1S/C17H25N/c1-12-4-5-13-6-7-16(15(13)10-12)18-14-8-9-17(2,3)11-14/h4-5,10,14,16,18H,6-9,11H2,1-3H3. The van der Waals surface area contributed by atoms with Crippen molar-refractivity contribution in [1.82, 2.24) is 5.32 Å². The molecule has 1 nitrogen and oxygen atoms in total. The Hall–Kier alpha value is -0.820. The lowest BCUT2D eigenvalue weighted by Crippen LogP contribution is -2.30. The molecule has 0 radical (unpaired) electrons. The summed E-state index contributed by atoms with van der Waals surface area (Å²) >= 11 is 0. The normalized spacial score (nSPS) is 29.5. The Bertz CT molecular complexity index is 447. The van der Waals surface area contributed by atoms with Crippen LogP contribution in [0.1, 0.15) is 62.3 Å². The van der Waals surface area contributed by atoms with Gasteiger partial charge in [-0.2, -0.15) is 0 Å². The quantitative estimate of drug-likeness (QED) is 0.822. The molecule has 98 valence electrons. The average Bonchev–Trinajstić information content (AvgIpc) is 2.84. The van der Waals surface area contributed by atoms with Crippen molar-refractivity contribution < 1.29 is 0 Å². The van der Waals surface area contributed by atoms with E-state index >= 15 is 0 Å². The number of aryl methyl sites for hydroxylation is 2. The minimum absolute atomic E-state index is 0.547. The van der Waals surface area contributed by atoms with Crippen LogP contribution < -0.4 is 5.32 Å². The third-order valence-electron chi connectivity index (χ3n) is 4.78. The molecule has 2 aliphatic rings. The number of hydrogen-bond donors (Lipinski definition) is 1. The van der Waals surface area contributed by atoms with Gasteiger partial charge < -0.3 is 5.32 Å². The topological polar surface area (TPSA) is 12.0 Å². The molecule has 1 aromatic rings. The lowest BCUT2D eigenvalue weighted by atomic mass is 9.91. The maximum atomic E-state index is 3.92. The first-order valence-corrected chi connectivity index (χ1v) is 7.39. The molecule has 0 aliphatic heterocycles. The Morgan fingerprint density at radius 1 is 1.22 bits per heavy atom. The van der Waals surface area contributed by atoms with Gasteiger partial charge in [0.05, 0.1) is 0 Å². The van der Waals surface area contributed by atoms with E-state index in [0.717, 1.165) is 6.04 Å². The van der Waals surface area contributed by atoms with E-state index in [2.05, 4.69) is 44.3 Å². The molecular formula is C17H25N. The smallest absolute Gasteiger partial charge is 0.0328 e. The Morgan fingerprint density at radius 3 is 2.78 bits per heavy atom. The predicted octanol–water partition coefficient (Wildman–Crippen LogP) is 4.15. The summed E-state index contributed by atoms with van der Waals surface area (Å²) in [6.07, 6.45) is 6.60. The molecule has 1 saturated carbocycles. The fourth-order valence-electron chi connectivity index (χ4n) is 3.76. The van der Waals surface area contributed by atoms with Gasteiger partial charge in [-0.05, 0) is 55.6 Å². The molecule has 0 bridgehead atoms. The molecule has 0 saturated heterocycles. The van der Waals surface area contributed by atoms with Gasteiger partial charge in [0.25, 0.3) is 0 Å². The van der Waals surface area contributed by atoms with Gasteiger partial charge in [0, 0.05) is 12.1 Å². The van der Waals surface area contributed by atoms with Crippen LogP contribution in [0, 0.1) is 12.3 Å². The number of rotatable bonds is 2. The van der Waals surface area contributed by atoms with Crippen molar-refractivity contribution in [1.29, 1.82) is 0 Å². The fourth-order valence-corrected chi connectivity index (χ4v) is 3.76. The van der Waals surface area contributed by atoms with Gasteiger partial charge in [-0.1, -0.05) is 37.6 Å². The van der Waals surface area contributed by atoms with Crippen molar-refractivity contribution >= 4 is 0 Å². The van der Waals surface area contributed by atoms with Crippen LogP contribution in [0.4, 0.5) is 0 Å². The highest BCUT2D eigenvalue weighted by atomic mass is 15.0. The lowest BCUT2D eigenvalue weighted by Gasteiger charge is -2.22. The van der Waals surface area contributed by atoms with Gasteiger partial charge in [0.15, 0.2) is 0 Å². The molecule has 18 heavy (non-hydrogen) atoms. The second-order valence-corrected chi connectivity index (χ2v) is 7.06. The third-order valence-corrected chi connectivity index (χ3v) is 4.78. The van der Waals surface area contributed by atoms with Crippen molar-refractivity contribution in [3.05, 3.63) is 34.9 Å². The van der Waals surface area contributed by atoms with Gasteiger partial charge in [-0.25, -0.2) is 0 Å². The molecule has 2 aliphatic carbocycles. The summed E-state index contributed by atoms with van der Waals surface area (Å²) in [5.74, 6) is 0. The summed E-state index contributed by atoms with van der Waals surface area (Å²) in [4.78, 5) is 0. The minimum atomic E-state index is 0.547. The zero-order valence-corrected chi connectivity index (χ0v) is 11.9. The number of fused-ring (bicyclic) bond motifs is 1. The van der Waals surface area contributed by atoms with Gasteiger partial charge >= 0.3 is 0 Å². The molecule has 1 N–H and O–H groups in total. The van der Waals surface area contributed by atoms with E-state index in [-0.39, 0.29) is 0 Å². The Balaban J connectivity index is 1.71. The van der Waals surface area contributed by atoms with Crippen LogP contribution in [0.2, 0.25) is 0 Å². The largest absolute Gasteiger partial charge is 0.307 e.